The van der Waals surface area contributed by atoms with Crippen LogP contribution in [0.25, 0.3) is 0 Å². The number of rotatable bonds is 5. The van der Waals surface area contributed by atoms with Crippen molar-refractivity contribution >= 4 is 17.6 Å². The van der Waals surface area contributed by atoms with E-state index in [1.807, 2.05) is 0 Å². The smallest absolute Gasteiger partial charge is 0.311 e. The van der Waals surface area contributed by atoms with Gasteiger partial charge in [0.25, 0.3) is 5.91 Å². The molecule has 1 heterocycles. The Morgan fingerprint density at radius 1 is 1.48 bits per heavy atom. The Morgan fingerprint density at radius 3 is 2.67 bits per heavy atom. The number of amides is 1. The lowest BCUT2D eigenvalue weighted by Gasteiger charge is -2.38. The summed E-state index contributed by atoms with van der Waals surface area (Å²) < 4.78 is 4.87. The molecule has 0 saturated carbocycles. The van der Waals surface area contributed by atoms with Gasteiger partial charge < -0.3 is 14.7 Å². The van der Waals surface area contributed by atoms with Crippen LogP contribution in [-0.4, -0.2) is 47.0 Å². The number of likely N-dealkylation sites (tertiary alicyclic amines) is 1. The first-order valence-corrected chi connectivity index (χ1v) is 6.26. The van der Waals surface area contributed by atoms with Crippen LogP contribution < -0.4 is 4.74 Å². The van der Waals surface area contributed by atoms with Crippen LogP contribution in [0.2, 0.25) is 0 Å². The first-order chi connectivity index (χ1) is 9.92. The number of nitrogens with zero attached hydrogens (tertiary/aromatic N) is 2. The van der Waals surface area contributed by atoms with E-state index in [-0.39, 0.29) is 35.2 Å². The third kappa shape index (κ3) is 3.10. The molecule has 8 heteroatoms. The van der Waals surface area contributed by atoms with Crippen LogP contribution in [0.3, 0.4) is 0 Å². The number of aliphatic carboxylic acids is 1. The molecule has 0 spiro atoms. The molecule has 112 valence electrons. The molecule has 21 heavy (non-hydrogen) atoms. The summed E-state index contributed by atoms with van der Waals surface area (Å²) in [6, 6.07) is 4.00. The Balaban J connectivity index is 2.09. The van der Waals surface area contributed by atoms with Gasteiger partial charge in [-0.05, 0) is 12.1 Å². The maximum atomic E-state index is 12.1. The predicted molar refractivity (Wildman–Crippen MR) is 71.3 cm³/mol. The van der Waals surface area contributed by atoms with Gasteiger partial charge in [0.2, 0.25) is 0 Å². The van der Waals surface area contributed by atoms with Crippen LogP contribution in [0, 0.1) is 16.0 Å². The van der Waals surface area contributed by atoms with Crippen molar-refractivity contribution in [2.75, 3.05) is 20.2 Å². The molecule has 1 saturated heterocycles. The second-order valence-corrected chi connectivity index (χ2v) is 4.82. The molecule has 1 fully saturated rings. The lowest BCUT2D eigenvalue weighted by Crippen LogP contribution is -2.50. The van der Waals surface area contributed by atoms with E-state index in [1.54, 1.807) is 0 Å². The summed E-state index contributed by atoms with van der Waals surface area (Å²) in [6.07, 6.45) is 0.0204. The van der Waals surface area contributed by atoms with Gasteiger partial charge in [-0.25, -0.2) is 0 Å². The molecular weight excluding hydrogens is 280 g/mol. The first kappa shape index (κ1) is 14.8. The van der Waals surface area contributed by atoms with Crippen molar-refractivity contribution in [1.82, 2.24) is 4.90 Å². The Kier molecular flexibility index (Phi) is 4.06. The molecule has 1 aliphatic heterocycles. The molecule has 1 aliphatic rings. The summed E-state index contributed by atoms with van der Waals surface area (Å²) in [4.78, 5) is 34.5. The van der Waals surface area contributed by atoms with Crippen LogP contribution in [-0.2, 0) is 4.79 Å². The molecule has 1 aromatic carbocycles. The maximum absolute atomic E-state index is 12.1. The third-order valence-corrected chi connectivity index (χ3v) is 3.33. The number of benzene rings is 1. The number of hydrogen-bond acceptors (Lipinski definition) is 5. The van der Waals surface area contributed by atoms with Gasteiger partial charge in [-0.15, -0.1) is 0 Å². The van der Waals surface area contributed by atoms with Crippen LogP contribution in [0.15, 0.2) is 18.2 Å². The number of nitro benzene ring substituents is 1. The zero-order valence-electron chi connectivity index (χ0n) is 11.3. The van der Waals surface area contributed by atoms with Gasteiger partial charge in [0.1, 0.15) is 0 Å². The van der Waals surface area contributed by atoms with E-state index in [9.17, 15) is 19.7 Å². The zero-order chi connectivity index (χ0) is 15.6. The first-order valence-electron chi connectivity index (χ1n) is 6.26. The summed E-state index contributed by atoms with van der Waals surface area (Å²) in [5.41, 5.74) is -0.0813. The molecule has 0 unspecified atom stereocenters. The number of hydrogen-bond donors (Lipinski definition) is 1. The number of nitro groups is 1. The Hall–Kier alpha value is -2.64. The molecule has 0 radical (unpaired) electrons. The standard InChI is InChI=1S/C13H14N2O6/c1-21-11-3-2-9(5-10(11)15(19)20)13(18)14-6-8(7-14)4-12(16)17/h2-3,5,8H,4,6-7H2,1H3,(H,16,17). The number of carbonyl (C=O) groups is 2. The highest BCUT2D eigenvalue weighted by Gasteiger charge is 2.33. The lowest BCUT2D eigenvalue weighted by atomic mass is 9.95. The monoisotopic (exact) mass is 294 g/mol. The van der Waals surface area contributed by atoms with Crippen molar-refractivity contribution in [3.63, 3.8) is 0 Å². The molecular formula is C13H14N2O6. The minimum atomic E-state index is -0.896. The van der Waals surface area contributed by atoms with E-state index in [0.717, 1.165) is 0 Å². The summed E-state index contributed by atoms with van der Waals surface area (Å²) >= 11 is 0. The molecule has 0 aromatic heterocycles. The largest absolute Gasteiger partial charge is 0.490 e. The fourth-order valence-corrected chi connectivity index (χ4v) is 2.26. The number of carboxylic acid groups (broad SMARTS) is 1. The van der Waals surface area contributed by atoms with Gasteiger partial charge in [-0.1, -0.05) is 0 Å². The molecule has 1 amide bonds. The van der Waals surface area contributed by atoms with Crippen molar-refractivity contribution in [3.8, 4) is 5.75 Å². The topological polar surface area (TPSA) is 110 Å². The van der Waals surface area contributed by atoms with Crippen molar-refractivity contribution < 1.29 is 24.4 Å². The third-order valence-electron chi connectivity index (χ3n) is 3.33. The Bertz CT molecular complexity index is 594. The van der Waals surface area contributed by atoms with Gasteiger partial charge in [-0.2, -0.15) is 0 Å². The SMILES string of the molecule is COc1ccc(C(=O)N2CC(CC(=O)O)C2)cc1[N+](=O)[O-]. The average Bonchev–Trinajstić information content (AvgIpc) is 2.40. The summed E-state index contributed by atoms with van der Waals surface area (Å²) in [6.45, 7) is 0.704. The van der Waals surface area contributed by atoms with Crippen molar-refractivity contribution in [2.45, 2.75) is 6.42 Å². The van der Waals surface area contributed by atoms with Gasteiger partial charge >= 0.3 is 11.7 Å². The second-order valence-electron chi connectivity index (χ2n) is 4.82. The highest BCUT2D eigenvalue weighted by atomic mass is 16.6. The van der Waals surface area contributed by atoms with Gasteiger partial charge in [-0.3, -0.25) is 19.7 Å². The van der Waals surface area contributed by atoms with E-state index in [1.165, 1.54) is 30.2 Å². The van der Waals surface area contributed by atoms with Crippen LogP contribution in [0.4, 0.5) is 5.69 Å². The van der Waals surface area contributed by atoms with Crippen molar-refractivity contribution in [1.29, 1.82) is 0 Å². The Labute approximate surface area is 120 Å². The molecule has 1 aromatic rings. The molecule has 8 nitrogen and oxygen atoms in total. The molecule has 0 aliphatic carbocycles. The number of carboxylic acids is 1. The van der Waals surface area contributed by atoms with Gasteiger partial charge in [0.15, 0.2) is 5.75 Å². The fraction of sp³-hybridized carbons (Fsp3) is 0.385. The number of carbonyl (C=O) groups excluding carboxylic acids is 1. The summed E-state index contributed by atoms with van der Waals surface area (Å²) in [5, 5.41) is 19.6. The Morgan fingerprint density at radius 2 is 2.14 bits per heavy atom. The van der Waals surface area contributed by atoms with Crippen LogP contribution in [0.1, 0.15) is 16.8 Å². The van der Waals surface area contributed by atoms with E-state index < -0.39 is 10.9 Å². The van der Waals surface area contributed by atoms with E-state index >= 15 is 0 Å². The normalized spacial score (nSPS) is 14.4. The lowest BCUT2D eigenvalue weighted by molar-refractivity contribution is -0.385. The summed E-state index contributed by atoms with van der Waals surface area (Å²) in [5.74, 6) is -1.21. The maximum Gasteiger partial charge on any atom is 0.311 e. The quantitative estimate of drug-likeness (QED) is 0.644. The van der Waals surface area contributed by atoms with Crippen LogP contribution in [0.5, 0.6) is 5.75 Å². The van der Waals surface area contributed by atoms with Gasteiger partial charge in [0, 0.05) is 30.6 Å². The highest BCUT2D eigenvalue weighted by Crippen LogP contribution is 2.29. The van der Waals surface area contributed by atoms with Gasteiger partial charge in [0.05, 0.1) is 18.5 Å². The molecule has 1 N–H and O–H groups in total. The summed E-state index contributed by atoms with van der Waals surface area (Å²) in [7, 11) is 1.32. The van der Waals surface area contributed by atoms with Crippen molar-refractivity contribution in [2.24, 2.45) is 5.92 Å². The van der Waals surface area contributed by atoms with Crippen molar-refractivity contribution in [3.05, 3.63) is 33.9 Å². The zero-order valence-corrected chi connectivity index (χ0v) is 11.3. The van der Waals surface area contributed by atoms with E-state index in [4.69, 9.17) is 9.84 Å². The highest BCUT2D eigenvalue weighted by molar-refractivity contribution is 5.95. The minimum Gasteiger partial charge on any atom is -0.490 e. The molecule has 0 atom stereocenters. The fourth-order valence-electron chi connectivity index (χ4n) is 2.26. The number of methoxy groups -OCH3 is 1. The second kappa shape index (κ2) is 5.78. The van der Waals surface area contributed by atoms with Crippen LogP contribution >= 0.6 is 0 Å². The predicted octanol–water partition coefficient (Wildman–Crippen LogP) is 1.15. The average molecular weight is 294 g/mol. The van der Waals surface area contributed by atoms with E-state index in [2.05, 4.69) is 0 Å². The van der Waals surface area contributed by atoms with E-state index in [0.29, 0.717) is 13.1 Å². The minimum absolute atomic E-state index is 0.0204. The molecule has 2 rings (SSSR count). The number of ether oxygens (including phenoxy) is 1. The molecule has 0 bridgehead atoms.